The molecule has 3 saturated heterocycles. The van der Waals surface area contributed by atoms with E-state index in [0.29, 0.717) is 33.6 Å². The number of fused-ring (bicyclic) bond motifs is 1. The van der Waals surface area contributed by atoms with Crippen LogP contribution in [0.15, 0.2) is 108 Å². The first kappa shape index (κ1) is 59.4. The highest BCUT2D eigenvalue weighted by atomic mass is 32.2. The lowest BCUT2D eigenvalue weighted by Gasteiger charge is -2.47. The minimum atomic E-state index is -1.15. The number of likely N-dealkylation sites (tertiary alicyclic amines) is 2. The van der Waals surface area contributed by atoms with Gasteiger partial charge in [0, 0.05) is 97.3 Å². The first-order valence-corrected chi connectivity index (χ1v) is 26.6. The minimum Gasteiger partial charge on any atom is -0.456 e. The number of thioether (sulfide) groups is 1. The van der Waals surface area contributed by atoms with Crippen molar-refractivity contribution < 1.29 is 72.2 Å². The number of likely N-dealkylation sites (N-methyl/N-ethyl adjacent to an activating group) is 1. The van der Waals surface area contributed by atoms with Gasteiger partial charge in [0.15, 0.2) is 0 Å². The van der Waals surface area contributed by atoms with Crippen LogP contribution in [0.5, 0.6) is 0 Å². The van der Waals surface area contributed by atoms with Crippen molar-refractivity contribution in [3.05, 3.63) is 170 Å². The second kappa shape index (κ2) is 25.8. The van der Waals surface area contributed by atoms with Gasteiger partial charge in [0.2, 0.25) is 17.7 Å². The number of hydrogen-bond donors (Lipinski definition) is 2. The number of non-ortho nitro benzene ring substituents is 4. The Balaban J connectivity index is 0.971. The molecule has 4 heterocycles. The highest BCUT2D eigenvalue weighted by molar-refractivity contribution is 8.03. The smallest absolute Gasteiger partial charge is 0.410 e. The van der Waals surface area contributed by atoms with Crippen LogP contribution in [0.3, 0.4) is 0 Å². The fourth-order valence-corrected chi connectivity index (χ4v) is 11.6. The summed E-state index contributed by atoms with van der Waals surface area (Å²) in [4.78, 5) is 144. The number of nitrogens with one attached hydrogen (secondary N) is 2. The average Bonchev–Trinajstić information content (AvgIpc) is 1.79. The maximum Gasteiger partial charge on any atom is 0.410 e. The zero-order valence-electron chi connectivity index (χ0n) is 44.6. The fourth-order valence-electron chi connectivity index (χ4n) is 10.1. The van der Waals surface area contributed by atoms with Gasteiger partial charge in [-0.1, -0.05) is 6.92 Å². The van der Waals surface area contributed by atoms with E-state index in [9.17, 15) is 74.0 Å². The van der Waals surface area contributed by atoms with Gasteiger partial charge in [-0.15, -0.1) is 11.8 Å². The molecule has 0 aromatic heterocycles. The van der Waals surface area contributed by atoms with Crippen LogP contribution < -0.4 is 10.6 Å². The summed E-state index contributed by atoms with van der Waals surface area (Å²) in [6.07, 6.45) is -2.28. The SMILES string of the molecule is C[C@@H](NC(=O)CN(C)C(=O)OCc1ccc([N+](=O)[O-])cc1)[C@H]1C(=O)N2C(C(=O)OCc3ccc([N+](=O)[O-])cc3)=C(S[C@H]3C[C@@H](C(=O)N4CC[C@@H](NC(=O)OCc5ccc([N+](=O)[O-])cc5)C4)N(C(=O)OCc4ccc([N+](=O)[O-])cc4)C3)[C@H](C)[C@H]12. The van der Waals surface area contributed by atoms with Crippen LogP contribution in [0.1, 0.15) is 48.9 Å². The molecule has 2 N–H and O–H groups in total. The lowest BCUT2D eigenvalue weighted by Crippen LogP contribution is -2.66. The number of alkyl carbamates (subject to hydrolysis) is 1. The first-order chi connectivity index (χ1) is 39.6. The lowest BCUT2D eigenvalue weighted by molar-refractivity contribution is -0.385. The Bertz CT molecular complexity index is 3240. The maximum absolute atomic E-state index is 14.6. The molecule has 436 valence electrons. The van der Waals surface area contributed by atoms with E-state index in [1.807, 2.05) is 0 Å². The number of nitro benzene ring substituents is 4. The standard InChI is InChI=1S/C53H54N10O19S/c1-30-45-44(31(2)54-43(64)25-56(3)52(69)81-28-34-8-16-39(17-9-34)62(75)76)49(66)59(45)46(50(67)79-26-32-4-12-37(13-5-32)60(71)72)47(30)83-41-22-42(58(24-41)53(70)82-29-35-10-18-40(19-11-35)63(77)78)48(65)57-21-20-36(23-57)55-51(68)80-27-33-6-14-38(15-7-33)61(73)74/h4-19,30-31,36,41-42,44-45H,20-29H2,1-3H3,(H,54,64)(H,55,68)/t30-,31-,36-,41+,42+,44-,45-/m1/s1. The molecule has 0 spiro atoms. The predicted molar refractivity (Wildman–Crippen MR) is 288 cm³/mol. The van der Waals surface area contributed by atoms with E-state index in [4.69, 9.17) is 18.9 Å². The van der Waals surface area contributed by atoms with Crippen LogP contribution in [0.4, 0.5) is 37.1 Å². The molecule has 8 rings (SSSR count). The summed E-state index contributed by atoms with van der Waals surface area (Å²) in [5, 5.41) is 49.5. The quantitative estimate of drug-likeness (QED) is 0.0324. The molecule has 0 aliphatic carbocycles. The van der Waals surface area contributed by atoms with Crippen LogP contribution >= 0.6 is 11.8 Å². The zero-order chi connectivity index (χ0) is 59.8. The predicted octanol–water partition coefficient (Wildman–Crippen LogP) is 5.86. The number of amides is 6. The molecule has 6 amide bonds. The number of hydrogen-bond acceptors (Lipinski definition) is 20. The number of carbonyl (C=O) groups is 7. The number of ether oxygens (including phenoxy) is 4. The van der Waals surface area contributed by atoms with E-state index >= 15 is 0 Å². The van der Waals surface area contributed by atoms with Crippen LogP contribution in [0.2, 0.25) is 0 Å². The molecule has 4 aromatic rings. The van der Waals surface area contributed by atoms with Crippen molar-refractivity contribution in [1.82, 2.24) is 30.2 Å². The monoisotopic (exact) mass is 1170 g/mol. The average molecular weight is 1170 g/mol. The number of nitrogens with zero attached hydrogens (tertiary/aromatic N) is 8. The second-order valence-corrected chi connectivity index (χ2v) is 21.3. The summed E-state index contributed by atoms with van der Waals surface area (Å²) in [6.45, 7) is 1.83. The molecule has 29 nitrogen and oxygen atoms in total. The van der Waals surface area contributed by atoms with E-state index < -0.39 is 109 Å². The van der Waals surface area contributed by atoms with Crippen LogP contribution in [-0.2, 0) is 64.6 Å². The third kappa shape index (κ3) is 14.1. The van der Waals surface area contributed by atoms with Crippen molar-refractivity contribution >= 4 is 76.5 Å². The van der Waals surface area contributed by atoms with Gasteiger partial charge in [0.1, 0.15) is 44.7 Å². The van der Waals surface area contributed by atoms with Crippen molar-refractivity contribution in [2.45, 2.75) is 82.5 Å². The normalized spacial score (nSPS) is 20.1. The van der Waals surface area contributed by atoms with Crippen molar-refractivity contribution in [3.63, 3.8) is 0 Å². The van der Waals surface area contributed by atoms with Crippen LogP contribution in [-0.4, -0.2) is 144 Å². The molecule has 4 aliphatic rings. The van der Waals surface area contributed by atoms with Gasteiger partial charge in [0.05, 0.1) is 37.7 Å². The molecule has 0 radical (unpaired) electrons. The molecule has 4 aliphatic heterocycles. The molecule has 0 saturated carbocycles. The Kier molecular flexibility index (Phi) is 18.5. The minimum absolute atomic E-state index is 0.00167. The van der Waals surface area contributed by atoms with E-state index in [-0.39, 0.29) is 80.9 Å². The molecule has 0 unspecified atom stereocenters. The number of benzene rings is 4. The number of esters is 1. The highest BCUT2D eigenvalue weighted by Crippen LogP contribution is 2.53. The Morgan fingerprint density at radius 3 is 1.65 bits per heavy atom. The number of carbonyl (C=O) groups excluding carboxylic acids is 7. The van der Waals surface area contributed by atoms with Crippen LogP contribution in [0.25, 0.3) is 0 Å². The highest BCUT2D eigenvalue weighted by Gasteiger charge is 2.61. The Hall–Kier alpha value is -9.74. The van der Waals surface area contributed by atoms with E-state index in [1.165, 1.54) is 119 Å². The summed E-state index contributed by atoms with van der Waals surface area (Å²) >= 11 is 1.14. The van der Waals surface area contributed by atoms with E-state index in [2.05, 4.69) is 10.6 Å². The second-order valence-electron chi connectivity index (χ2n) is 20.0. The van der Waals surface area contributed by atoms with Gasteiger partial charge in [-0.05, 0) is 90.6 Å². The largest absolute Gasteiger partial charge is 0.456 e. The molecule has 4 aromatic carbocycles. The third-order valence-electron chi connectivity index (χ3n) is 14.4. The molecular weight excluding hydrogens is 1110 g/mol. The van der Waals surface area contributed by atoms with Crippen molar-refractivity contribution in [2.75, 3.05) is 33.2 Å². The Morgan fingerprint density at radius 1 is 0.687 bits per heavy atom. The fraction of sp³-hybridized carbons (Fsp3) is 0.377. The molecule has 0 bridgehead atoms. The topological polar surface area (TPSA) is 366 Å². The Labute approximate surface area is 475 Å². The summed E-state index contributed by atoms with van der Waals surface area (Å²) in [5.74, 6) is -4.16. The van der Waals surface area contributed by atoms with Gasteiger partial charge in [0.25, 0.3) is 22.7 Å². The van der Waals surface area contributed by atoms with Crippen molar-refractivity contribution in [2.24, 2.45) is 11.8 Å². The van der Waals surface area contributed by atoms with Gasteiger partial charge < -0.3 is 44.3 Å². The van der Waals surface area contributed by atoms with Gasteiger partial charge in [-0.2, -0.15) is 0 Å². The van der Waals surface area contributed by atoms with Gasteiger partial charge >= 0.3 is 24.2 Å². The number of rotatable bonds is 21. The summed E-state index contributed by atoms with van der Waals surface area (Å²) in [5.41, 5.74) is 0.959. The number of β-lactam (4-membered cyclic amide) rings is 1. The summed E-state index contributed by atoms with van der Waals surface area (Å²) < 4.78 is 22.0. The summed E-state index contributed by atoms with van der Waals surface area (Å²) in [6, 6.07) is 18.0. The number of nitro groups is 4. The third-order valence-corrected chi connectivity index (χ3v) is 15.8. The van der Waals surface area contributed by atoms with Gasteiger partial charge in [-0.3, -0.25) is 59.7 Å². The lowest BCUT2D eigenvalue weighted by atomic mass is 9.78. The molecule has 30 heteroatoms. The molecule has 3 fully saturated rings. The van der Waals surface area contributed by atoms with Crippen LogP contribution in [0, 0.1) is 52.3 Å². The maximum atomic E-state index is 14.6. The van der Waals surface area contributed by atoms with Crippen molar-refractivity contribution in [3.8, 4) is 0 Å². The zero-order valence-corrected chi connectivity index (χ0v) is 45.4. The molecule has 7 atom stereocenters. The van der Waals surface area contributed by atoms with Crippen molar-refractivity contribution in [1.29, 1.82) is 0 Å². The Morgan fingerprint density at radius 2 is 1.16 bits per heavy atom. The first-order valence-electron chi connectivity index (χ1n) is 25.7. The van der Waals surface area contributed by atoms with Gasteiger partial charge in [-0.25, -0.2) is 19.2 Å². The molecular formula is C53H54N10O19S. The van der Waals surface area contributed by atoms with E-state index in [0.717, 1.165) is 16.7 Å². The molecule has 83 heavy (non-hydrogen) atoms. The summed E-state index contributed by atoms with van der Waals surface area (Å²) in [7, 11) is 1.31. The van der Waals surface area contributed by atoms with E-state index in [1.54, 1.807) is 13.8 Å².